The van der Waals surface area contributed by atoms with Gasteiger partial charge >= 0.3 is 5.97 Å². The summed E-state index contributed by atoms with van der Waals surface area (Å²) in [5.74, 6) is 0.721. The molecule has 32 heavy (non-hydrogen) atoms. The highest BCUT2D eigenvalue weighted by molar-refractivity contribution is 9.10. The normalized spacial score (nSPS) is 10.6. The minimum absolute atomic E-state index is 0.299. The van der Waals surface area contributed by atoms with E-state index in [4.69, 9.17) is 14.2 Å². The molecule has 3 aromatic carbocycles. The third-order valence-electron chi connectivity index (χ3n) is 4.30. The Hall–Kier alpha value is -3.65. The van der Waals surface area contributed by atoms with Gasteiger partial charge in [0.2, 0.25) is 0 Å². The summed E-state index contributed by atoms with van der Waals surface area (Å²) >= 11 is 3.39. The minimum atomic E-state index is -0.525. The van der Waals surface area contributed by atoms with Crippen LogP contribution < -0.4 is 19.6 Å². The van der Waals surface area contributed by atoms with Crippen LogP contribution in [0.25, 0.3) is 0 Å². The average molecular weight is 497 g/mol. The molecule has 0 aromatic heterocycles. The third-order valence-corrected chi connectivity index (χ3v) is 4.79. The van der Waals surface area contributed by atoms with Crippen LogP contribution in [-0.4, -0.2) is 31.8 Å². The summed E-state index contributed by atoms with van der Waals surface area (Å²) in [6, 6.07) is 18.4. The van der Waals surface area contributed by atoms with E-state index in [0.29, 0.717) is 40.5 Å². The number of hydrazone groups is 1. The van der Waals surface area contributed by atoms with Crippen molar-refractivity contribution in [1.29, 1.82) is 0 Å². The lowest BCUT2D eigenvalue weighted by Gasteiger charge is -2.09. The van der Waals surface area contributed by atoms with Crippen molar-refractivity contribution in [2.75, 3.05) is 13.7 Å². The Bertz CT molecular complexity index is 1110. The zero-order valence-corrected chi connectivity index (χ0v) is 19.1. The quantitative estimate of drug-likeness (QED) is 0.208. The van der Waals surface area contributed by atoms with Gasteiger partial charge in [-0.3, -0.25) is 4.79 Å². The predicted molar refractivity (Wildman–Crippen MR) is 125 cm³/mol. The highest BCUT2D eigenvalue weighted by Crippen LogP contribution is 2.23. The molecule has 1 amide bonds. The number of hydrogen-bond donors (Lipinski definition) is 1. The maximum absolute atomic E-state index is 12.5. The molecule has 0 radical (unpaired) electrons. The molecule has 164 valence electrons. The SMILES string of the molecule is CCOc1ccc(C(=O)NN=Cc2cc(Br)ccc2OC(=O)c2ccc(OC)cc2)cc1. The largest absolute Gasteiger partial charge is 0.497 e. The highest BCUT2D eigenvalue weighted by Gasteiger charge is 2.12. The fraction of sp³-hybridized carbons (Fsp3) is 0.125. The maximum Gasteiger partial charge on any atom is 0.343 e. The molecule has 0 aliphatic heterocycles. The number of ether oxygens (including phenoxy) is 3. The fourth-order valence-electron chi connectivity index (χ4n) is 2.69. The number of halogens is 1. The van der Waals surface area contributed by atoms with Crippen molar-refractivity contribution in [1.82, 2.24) is 5.43 Å². The molecule has 0 fully saturated rings. The van der Waals surface area contributed by atoms with Crippen molar-refractivity contribution in [3.8, 4) is 17.2 Å². The van der Waals surface area contributed by atoms with E-state index in [0.717, 1.165) is 4.47 Å². The molecule has 0 heterocycles. The van der Waals surface area contributed by atoms with E-state index in [1.165, 1.54) is 6.21 Å². The average Bonchev–Trinajstić information content (AvgIpc) is 2.81. The number of methoxy groups -OCH3 is 1. The van der Waals surface area contributed by atoms with E-state index in [9.17, 15) is 9.59 Å². The van der Waals surface area contributed by atoms with Gasteiger partial charge in [0.05, 0.1) is 25.5 Å². The number of carbonyl (C=O) groups is 2. The first kappa shape index (κ1) is 23.0. The van der Waals surface area contributed by atoms with Crippen molar-refractivity contribution in [3.63, 3.8) is 0 Å². The number of esters is 1. The molecule has 8 heteroatoms. The molecule has 1 N–H and O–H groups in total. The molecule has 0 aliphatic carbocycles. The second-order valence-electron chi connectivity index (χ2n) is 6.46. The number of carbonyl (C=O) groups excluding carboxylic acids is 2. The summed E-state index contributed by atoms with van der Waals surface area (Å²) in [5.41, 5.74) is 3.78. The van der Waals surface area contributed by atoms with Crippen LogP contribution in [0.5, 0.6) is 17.2 Å². The maximum atomic E-state index is 12.5. The van der Waals surface area contributed by atoms with Gasteiger partial charge in [0, 0.05) is 15.6 Å². The number of amides is 1. The summed E-state index contributed by atoms with van der Waals surface area (Å²) in [4.78, 5) is 24.8. The Labute approximate surface area is 194 Å². The summed E-state index contributed by atoms with van der Waals surface area (Å²) in [6.07, 6.45) is 1.41. The second kappa shape index (κ2) is 11.1. The zero-order chi connectivity index (χ0) is 22.9. The molecule has 0 saturated carbocycles. The van der Waals surface area contributed by atoms with Crippen molar-refractivity contribution >= 4 is 34.0 Å². The van der Waals surface area contributed by atoms with Crippen LogP contribution in [0.3, 0.4) is 0 Å². The highest BCUT2D eigenvalue weighted by atomic mass is 79.9. The predicted octanol–water partition coefficient (Wildman–Crippen LogP) is 4.84. The lowest BCUT2D eigenvalue weighted by Crippen LogP contribution is -2.17. The van der Waals surface area contributed by atoms with Gasteiger partial charge in [-0.2, -0.15) is 5.10 Å². The van der Waals surface area contributed by atoms with E-state index in [1.54, 1.807) is 73.8 Å². The Morgan fingerprint density at radius 2 is 1.62 bits per heavy atom. The van der Waals surface area contributed by atoms with Crippen molar-refractivity contribution in [2.24, 2.45) is 5.10 Å². The van der Waals surface area contributed by atoms with Gasteiger partial charge in [-0.15, -0.1) is 0 Å². The van der Waals surface area contributed by atoms with Gasteiger partial charge in [0.15, 0.2) is 0 Å². The van der Waals surface area contributed by atoms with Gasteiger partial charge in [-0.1, -0.05) is 15.9 Å². The van der Waals surface area contributed by atoms with Gasteiger partial charge in [-0.25, -0.2) is 10.2 Å². The number of hydrogen-bond acceptors (Lipinski definition) is 6. The molecule has 7 nitrogen and oxygen atoms in total. The molecule has 0 aliphatic rings. The van der Waals surface area contributed by atoms with Crippen molar-refractivity contribution in [2.45, 2.75) is 6.92 Å². The Kier molecular flexibility index (Phi) is 7.99. The first-order valence-electron chi connectivity index (χ1n) is 9.72. The molecule has 0 saturated heterocycles. The van der Waals surface area contributed by atoms with Gasteiger partial charge in [0.25, 0.3) is 5.91 Å². The summed E-state index contributed by atoms with van der Waals surface area (Å²) in [5, 5.41) is 4.00. The molecule has 0 bridgehead atoms. The monoisotopic (exact) mass is 496 g/mol. The van der Waals surface area contributed by atoms with Crippen LogP contribution in [0, 0.1) is 0 Å². The first-order chi connectivity index (χ1) is 15.5. The standard InChI is InChI=1S/C24H21BrN2O5/c1-3-31-21-11-4-16(5-12-21)23(28)27-26-15-18-14-19(25)8-13-22(18)32-24(29)17-6-9-20(30-2)10-7-17/h4-15H,3H2,1-2H3,(H,27,28). The Balaban J connectivity index is 1.69. The topological polar surface area (TPSA) is 86.2 Å². The van der Waals surface area contributed by atoms with E-state index in [-0.39, 0.29) is 5.91 Å². The number of benzene rings is 3. The van der Waals surface area contributed by atoms with Crippen LogP contribution in [0.2, 0.25) is 0 Å². The lowest BCUT2D eigenvalue weighted by atomic mass is 10.2. The third kappa shape index (κ3) is 6.18. The number of nitrogens with zero attached hydrogens (tertiary/aromatic N) is 1. The van der Waals surface area contributed by atoms with Crippen LogP contribution in [-0.2, 0) is 0 Å². The summed E-state index contributed by atoms with van der Waals surface area (Å²) in [6.45, 7) is 2.44. The Morgan fingerprint density at radius 1 is 0.969 bits per heavy atom. The van der Waals surface area contributed by atoms with Crippen LogP contribution >= 0.6 is 15.9 Å². The van der Waals surface area contributed by atoms with Crippen molar-refractivity contribution in [3.05, 3.63) is 87.9 Å². The van der Waals surface area contributed by atoms with Gasteiger partial charge in [0.1, 0.15) is 17.2 Å². The molecule has 3 rings (SSSR count). The summed E-state index contributed by atoms with van der Waals surface area (Å²) < 4.78 is 16.7. The first-order valence-corrected chi connectivity index (χ1v) is 10.5. The van der Waals surface area contributed by atoms with Crippen LogP contribution in [0.15, 0.2) is 76.3 Å². The minimum Gasteiger partial charge on any atom is -0.497 e. The molecule has 0 atom stereocenters. The van der Waals surface area contributed by atoms with Crippen molar-refractivity contribution < 1.29 is 23.8 Å². The van der Waals surface area contributed by atoms with Crippen LogP contribution in [0.1, 0.15) is 33.2 Å². The molecule has 3 aromatic rings. The lowest BCUT2D eigenvalue weighted by molar-refractivity contribution is 0.0734. The molecular formula is C24H21BrN2O5. The number of rotatable bonds is 8. The fourth-order valence-corrected chi connectivity index (χ4v) is 3.07. The van der Waals surface area contributed by atoms with E-state index in [1.807, 2.05) is 6.92 Å². The second-order valence-corrected chi connectivity index (χ2v) is 7.37. The van der Waals surface area contributed by atoms with Crippen LogP contribution in [0.4, 0.5) is 0 Å². The molecular weight excluding hydrogens is 476 g/mol. The van der Waals surface area contributed by atoms with E-state index in [2.05, 4.69) is 26.5 Å². The van der Waals surface area contributed by atoms with Gasteiger partial charge < -0.3 is 14.2 Å². The van der Waals surface area contributed by atoms with E-state index >= 15 is 0 Å². The molecule has 0 unspecified atom stereocenters. The molecule has 0 spiro atoms. The zero-order valence-electron chi connectivity index (χ0n) is 17.5. The van der Waals surface area contributed by atoms with E-state index < -0.39 is 5.97 Å². The Morgan fingerprint density at radius 3 is 2.28 bits per heavy atom. The smallest absolute Gasteiger partial charge is 0.343 e. The van der Waals surface area contributed by atoms with Gasteiger partial charge in [-0.05, 0) is 73.7 Å². The number of nitrogens with one attached hydrogen (secondary N) is 1. The summed E-state index contributed by atoms with van der Waals surface area (Å²) in [7, 11) is 1.55.